The summed E-state index contributed by atoms with van der Waals surface area (Å²) in [6, 6.07) is 2.91. The molecule has 0 bridgehead atoms. The van der Waals surface area contributed by atoms with E-state index in [9.17, 15) is 12.9 Å². The molecule has 0 aliphatic heterocycles. The van der Waals surface area contributed by atoms with E-state index < -0.39 is 13.3 Å². The van der Waals surface area contributed by atoms with Crippen molar-refractivity contribution in [1.82, 2.24) is 0 Å². The van der Waals surface area contributed by atoms with Gasteiger partial charge in [-0.2, -0.15) is 0 Å². The lowest BCUT2D eigenvalue weighted by Gasteiger charge is -2.17. The van der Waals surface area contributed by atoms with Crippen molar-refractivity contribution in [3.05, 3.63) is 39.3 Å². The summed E-state index contributed by atoms with van der Waals surface area (Å²) in [7, 11) is 0. The van der Waals surface area contributed by atoms with Gasteiger partial charge in [-0.25, -0.2) is 0 Å². The maximum Gasteiger partial charge on any atom is 0.482 e. The van der Waals surface area contributed by atoms with Crippen LogP contribution in [0, 0.1) is 6.92 Å². The van der Waals surface area contributed by atoms with Crippen molar-refractivity contribution in [1.29, 1.82) is 0 Å². The molecule has 0 saturated heterocycles. The zero-order valence-electron chi connectivity index (χ0n) is 9.20. The molecule has 0 saturated carbocycles. The molecule has 0 aliphatic carbocycles. The molecule has 0 atom stereocenters. The van der Waals surface area contributed by atoms with E-state index in [0.29, 0.717) is 11.1 Å². The van der Waals surface area contributed by atoms with Gasteiger partial charge in [0.15, 0.2) is 0 Å². The second-order valence-corrected chi connectivity index (χ2v) is 3.71. The first-order valence-corrected chi connectivity index (χ1v) is 4.96. The van der Waals surface area contributed by atoms with Crippen LogP contribution in [-0.2, 0) is 12.9 Å². The van der Waals surface area contributed by atoms with Gasteiger partial charge in [-0.3, -0.25) is 0 Å². The van der Waals surface area contributed by atoms with E-state index in [4.69, 9.17) is 11.3 Å². The molecule has 8 heteroatoms. The SMILES string of the molecule is Cc1c(C[B-](F)(F)F)cc(CN)cc1N=[N+]=[N-]. The predicted octanol–water partition coefficient (Wildman–Crippen LogP) is 3.32. The third-order valence-electron chi connectivity index (χ3n) is 2.39. The highest BCUT2D eigenvalue weighted by Crippen LogP contribution is 2.28. The summed E-state index contributed by atoms with van der Waals surface area (Å²) in [6.07, 6.45) is -0.992. The summed E-state index contributed by atoms with van der Waals surface area (Å²) in [4.78, 5) is 2.59. The predicted molar refractivity (Wildman–Crippen MR) is 60.7 cm³/mol. The van der Waals surface area contributed by atoms with Crippen LogP contribution in [0.1, 0.15) is 16.7 Å². The third kappa shape index (κ3) is 3.69. The van der Waals surface area contributed by atoms with Crippen molar-refractivity contribution < 1.29 is 12.9 Å². The van der Waals surface area contributed by atoms with Crippen LogP contribution in [0.3, 0.4) is 0 Å². The van der Waals surface area contributed by atoms with Gasteiger partial charge in [-0.05, 0) is 29.6 Å². The van der Waals surface area contributed by atoms with Gasteiger partial charge in [0.05, 0.1) is 0 Å². The van der Waals surface area contributed by atoms with Crippen molar-refractivity contribution in [2.75, 3.05) is 0 Å². The summed E-state index contributed by atoms with van der Waals surface area (Å²) in [5, 5.41) is 3.37. The van der Waals surface area contributed by atoms with Gasteiger partial charge < -0.3 is 18.7 Å². The van der Waals surface area contributed by atoms with Crippen LogP contribution in [-0.4, -0.2) is 6.98 Å². The fourth-order valence-electron chi connectivity index (χ4n) is 1.55. The molecule has 0 fully saturated rings. The zero-order chi connectivity index (χ0) is 13.1. The average molecular weight is 243 g/mol. The highest BCUT2D eigenvalue weighted by Gasteiger charge is 2.24. The molecule has 92 valence electrons. The van der Waals surface area contributed by atoms with Crippen LogP contribution in [0.2, 0.25) is 0 Å². The van der Waals surface area contributed by atoms with E-state index in [1.54, 1.807) is 0 Å². The molecule has 1 aromatic rings. The fourth-order valence-corrected chi connectivity index (χ4v) is 1.55. The van der Waals surface area contributed by atoms with Gasteiger partial charge >= 0.3 is 6.98 Å². The normalized spacial score (nSPS) is 11.1. The van der Waals surface area contributed by atoms with Crippen LogP contribution in [0.25, 0.3) is 10.4 Å². The monoisotopic (exact) mass is 243 g/mol. The lowest BCUT2D eigenvalue weighted by Crippen LogP contribution is -2.20. The van der Waals surface area contributed by atoms with Crippen LogP contribution in [0.15, 0.2) is 17.2 Å². The lowest BCUT2D eigenvalue weighted by atomic mass is 9.79. The van der Waals surface area contributed by atoms with Crippen molar-refractivity contribution >= 4 is 12.7 Å². The molecule has 1 rings (SSSR count). The van der Waals surface area contributed by atoms with Gasteiger partial charge in [-0.1, -0.05) is 23.1 Å². The highest BCUT2D eigenvalue weighted by atomic mass is 19.4. The van der Waals surface area contributed by atoms with Gasteiger partial charge in [0.1, 0.15) is 0 Å². The summed E-state index contributed by atoms with van der Waals surface area (Å²) < 4.78 is 37.2. The molecule has 17 heavy (non-hydrogen) atoms. The molecular formula is C9H11BF3N4-. The van der Waals surface area contributed by atoms with Crippen LogP contribution >= 0.6 is 0 Å². The minimum Gasteiger partial charge on any atom is -0.449 e. The number of rotatable bonds is 4. The number of azide groups is 1. The minimum atomic E-state index is -4.92. The Kier molecular flexibility index (Phi) is 4.04. The van der Waals surface area contributed by atoms with Crippen LogP contribution in [0.5, 0.6) is 0 Å². The Bertz CT molecular complexity index is 466. The topological polar surface area (TPSA) is 74.8 Å². The van der Waals surface area contributed by atoms with Crippen LogP contribution < -0.4 is 5.73 Å². The van der Waals surface area contributed by atoms with Crippen molar-refractivity contribution in [2.45, 2.75) is 19.8 Å². The molecule has 1 aromatic carbocycles. The summed E-state index contributed by atoms with van der Waals surface area (Å²) in [6.45, 7) is -3.32. The average Bonchev–Trinajstić information content (AvgIpc) is 2.22. The van der Waals surface area contributed by atoms with Crippen molar-refractivity contribution in [3.8, 4) is 0 Å². The Morgan fingerprint density at radius 2 is 2.06 bits per heavy atom. The Morgan fingerprint density at radius 1 is 1.41 bits per heavy atom. The second-order valence-electron chi connectivity index (χ2n) is 3.71. The summed E-state index contributed by atoms with van der Waals surface area (Å²) >= 11 is 0. The molecule has 0 spiro atoms. The van der Waals surface area contributed by atoms with E-state index >= 15 is 0 Å². The first-order valence-electron chi connectivity index (χ1n) is 4.96. The summed E-state index contributed by atoms with van der Waals surface area (Å²) in [5.41, 5.74) is 14.9. The number of hydrogen-bond donors (Lipinski definition) is 1. The van der Waals surface area contributed by atoms with E-state index in [-0.39, 0.29) is 17.8 Å². The van der Waals surface area contributed by atoms with Crippen LogP contribution in [0.4, 0.5) is 18.6 Å². The fraction of sp³-hybridized carbons (Fsp3) is 0.333. The molecule has 4 nitrogen and oxygen atoms in total. The van der Waals surface area contributed by atoms with Crippen molar-refractivity contribution in [3.63, 3.8) is 0 Å². The van der Waals surface area contributed by atoms with Gasteiger partial charge in [0.2, 0.25) is 0 Å². The number of halogens is 3. The van der Waals surface area contributed by atoms with E-state index in [1.165, 1.54) is 19.1 Å². The Hall–Kier alpha value is -1.66. The third-order valence-corrected chi connectivity index (χ3v) is 2.39. The second kappa shape index (κ2) is 5.12. The molecule has 0 aliphatic rings. The lowest BCUT2D eigenvalue weighted by molar-refractivity contribution is 0.468. The van der Waals surface area contributed by atoms with E-state index in [0.717, 1.165) is 0 Å². The van der Waals surface area contributed by atoms with Gasteiger partial charge in [-0.15, -0.1) is 0 Å². The zero-order valence-corrected chi connectivity index (χ0v) is 9.20. The largest absolute Gasteiger partial charge is 0.482 e. The number of hydrogen-bond acceptors (Lipinski definition) is 2. The summed E-state index contributed by atoms with van der Waals surface area (Å²) in [5.74, 6) is 0. The Morgan fingerprint density at radius 3 is 2.53 bits per heavy atom. The number of nitrogens with zero attached hydrogens (tertiary/aromatic N) is 3. The molecule has 0 heterocycles. The van der Waals surface area contributed by atoms with E-state index in [1.807, 2.05) is 0 Å². The molecule has 0 amide bonds. The first kappa shape index (κ1) is 13.4. The van der Waals surface area contributed by atoms with Gasteiger partial charge in [0, 0.05) is 17.1 Å². The number of nitrogens with two attached hydrogens (primary N) is 1. The molecule has 0 radical (unpaired) electrons. The number of benzene rings is 1. The maximum absolute atomic E-state index is 12.4. The van der Waals surface area contributed by atoms with Gasteiger partial charge in [0.25, 0.3) is 0 Å². The Labute approximate surface area is 96.3 Å². The maximum atomic E-state index is 12.4. The molecule has 0 unspecified atom stereocenters. The Balaban J connectivity index is 3.28. The molecule has 2 N–H and O–H groups in total. The smallest absolute Gasteiger partial charge is 0.449 e. The van der Waals surface area contributed by atoms with Crippen molar-refractivity contribution in [2.24, 2.45) is 10.8 Å². The minimum absolute atomic E-state index is 0.103. The first-order chi connectivity index (χ1) is 7.87. The van der Waals surface area contributed by atoms with E-state index in [2.05, 4.69) is 10.0 Å². The molecule has 0 aromatic heterocycles. The quantitative estimate of drug-likeness (QED) is 0.374. The highest BCUT2D eigenvalue weighted by molar-refractivity contribution is 6.57. The standard InChI is InChI=1S/C9H11BF3N4/c1-6-8(4-10(11,12)13)2-7(5-14)3-9(6)16-17-15/h2-3H,4-5,14H2,1H3/q-1. The molecular weight excluding hydrogens is 232 g/mol.